The number of benzene rings is 1. The number of aromatic nitrogens is 2. The van der Waals surface area contributed by atoms with E-state index in [1.54, 1.807) is 0 Å². The molecule has 0 radical (unpaired) electrons. The number of carbonyl (C=O) groups is 1. The largest absolute Gasteiger partial charge is 0.350 e. The van der Waals surface area contributed by atoms with Crippen molar-refractivity contribution in [2.45, 2.75) is 46.8 Å². The molecule has 2 heterocycles. The van der Waals surface area contributed by atoms with Crippen LogP contribution in [0.3, 0.4) is 0 Å². The van der Waals surface area contributed by atoms with Crippen molar-refractivity contribution in [2.75, 3.05) is 13.1 Å². The summed E-state index contributed by atoms with van der Waals surface area (Å²) in [4.78, 5) is 13.9. The van der Waals surface area contributed by atoms with Gasteiger partial charge in [-0.1, -0.05) is 57.2 Å². The van der Waals surface area contributed by atoms with Crippen LogP contribution in [0.4, 0.5) is 0 Å². The number of hydrogen-bond donors (Lipinski definition) is 1. The van der Waals surface area contributed by atoms with Gasteiger partial charge in [0, 0.05) is 26.1 Å². The van der Waals surface area contributed by atoms with Crippen molar-refractivity contribution in [3.8, 4) is 0 Å². The Morgan fingerprint density at radius 2 is 2.04 bits per heavy atom. The van der Waals surface area contributed by atoms with E-state index in [4.69, 9.17) is 0 Å². The molecule has 1 aromatic carbocycles. The van der Waals surface area contributed by atoms with Gasteiger partial charge in [0.1, 0.15) is 0 Å². The molecular weight excluding hydrogens is 336 g/mol. The Balaban J connectivity index is 1.68. The van der Waals surface area contributed by atoms with Crippen LogP contribution in [-0.4, -0.2) is 33.7 Å². The van der Waals surface area contributed by atoms with E-state index in [9.17, 15) is 4.79 Å². The number of hydrogen-bond acceptors (Lipinski definition) is 3. The Morgan fingerprint density at radius 1 is 1.26 bits per heavy atom. The first-order valence-corrected chi connectivity index (χ1v) is 9.86. The SMILES string of the molecule is CCC(=O)NCc1cc2n(n1)CCN(C/C(=C\C(C)C)c1ccccc1)C2. The highest BCUT2D eigenvalue weighted by atomic mass is 16.1. The van der Waals surface area contributed by atoms with Crippen LogP contribution in [-0.2, 0) is 24.4 Å². The molecular formula is C22H30N4O. The van der Waals surface area contributed by atoms with Gasteiger partial charge in [-0.3, -0.25) is 14.4 Å². The second-order valence-corrected chi connectivity index (χ2v) is 7.49. The first-order chi connectivity index (χ1) is 13.0. The average molecular weight is 367 g/mol. The van der Waals surface area contributed by atoms with E-state index in [2.05, 4.69) is 76.3 Å². The molecule has 0 spiro atoms. The number of nitrogens with one attached hydrogen (secondary N) is 1. The summed E-state index contributed by atoms with van der Waals surface area (Å²) in [5.41, 5.74) is 4.84. The summed E-state index contributed by atoms with van der Waals surface area (Å²) in [6, 6.07) is 12.8. The lowest BCUT2D eigenvalue weighted by Crippen LogP contribution is -2.35. The Kier molecular flexibility index (Phi) is 6.45. The first-order valence-electron chi connectivity index (χ1n) is 9.86. The quantitative estimate of drug-likeness (QED) is 0.816. The van der Waals surface area contributed by atoms with Crippen LogP contribution in [0.2, 0.25) is 0 Å². The second kappa shape index (κ2) is 9.00. The minimum absolute atomic E-state index is 0.0638. The van der Waals surface area contributed by atoms with Crippen LogP contribution in [0.1, 0.15) is 44.1 Å². The molecule has 0 bridgehead atoms. The number of amides is 1. The monoisotopic (exact) mass is 366 g/mol. The molecule has 5 nitrogen and oxygen atoms in total. The Labute approximate surface area is 162 Å². The van der Waals surface area contributed by atoms with Gasteiger partial charge in [0.15, 0.2) is 0 Å². The van der Waals surface area contributed by atoms with E-state index in [1.165, 1.54) is 16.8 Å². The molecule has 0 aliphatic carbocycles. The maximum absolute atomic E-state index is 11.5. The van der Waals surface area contributed by atoms with E-state index in [1.807, 2.05) is 6.92 Å². The fraction of sp³-hybridized carbons (Fsp3) is 0.455. The highest BCUT2D eigenvalue weighted by molar-refractivity contribution is 5.75. The smallest absolute Gasteiger partial charge is 0.220 e. The summed E-state index contributed by atoms with van der Waals surface area (Å²) in [6.07, 6.45) is 2.87. The van der Waals surface area contributed by atoms with Crippen LogP contribution in [0, 0.1) is 5.92 Å². The lowest BCUT2D eigenvalue weighted by atomic mass is 10.0. The third-order valence-electron chi connectivity index (χ3n) is 4.79. The maximum Gasteiger partial charge on any atom is 0.220 e. The molecule has 3 rings (SSSR count). The van der Waals surface area contributed by atoms with E-state index >= 15 is 0 Å². The highest BCUT2D eigenvalue weighted by Crippen LogP contribution is 2.21. The topological polar surface area (TPSA) is 50.2 Å². The van der Waals surface area contributed by atoms with Crippen molar-refractivity contribution in [3.05, 3.63) is 59.4 Å². The van der Waals surface area contributed by atoms with Crippen molar-refractivity contribution in [1.82, 2.24) is 20.0 Å². The summed E-state index contributed by atoms with van der Waals surface area (Å²) < 4.78 is 2.08. The predicted octanol–water partition coefficient (Wildman–Crippen LogP) is 3.46. The van der Waals surface area contributed by atoms with Gasteiger partial charge < -0.3 is 5.32 Å². The first kappa shape index (κ1) is 19.4. The molecule has 1 amide bonds. The number of rotatable bonds is 7. The van der Waals surface area contributed by atoms with Gasteiger partial charge in [-0.05, 0) is 23.1 Å². The van der Waals surface area contributed by atoms with Crippen LogP contribution in [0.25, 0.3) is 5.57 Å². The van der Waals surface area contributed by atoms with Crippen LogP contribution in [0.5, 0.6) is 0 Å². The lowest BCUT2D eigenvalue weighted by molar-refractivity contribution is -0.120. The third kappa shape index (κ3) is 5.30. The number of fused-ring (bicyclic) bond motifs is 1. The molecule has 144 valence electrons. The summed E-state index contributed by atoms with van der Waals surface area (Å²) in [6.45, 7) is 10.5. The number of carbonyl (C=O) groups excluding carboxylic acids is 1. The molecule has 2 aromatic rings. The molecule has 0 unspecified atom stereocenters. The van der Waals surface area contributed by atoms with Crippen LogP contribution >= 0.6 is 0 Å². The van der Waals surface area contributed by atoms with Gasteiger partial charge in [0.2, 0.25) is 5.91 Å². The van der Waals surface area contributed by atoms with Gasteiger partial charge in [-0.15, -0.1) is 0 Å². The van der Waals surface area contributed by atoms with Crippen molar-refractivity contribution < 1.29 is 4.79 Å². The summed E-state index contributed by atoms with van der Waals surface area (Å²) >= 11 is 0. The molecule has 5 heteroatoms. The van der Waals surface area contributed by atoms with Gasteiger partial charge in [-0.25, -0.2) is 0 Å². The Bertz CT molecular complexity index is 792. The molecule has 0 saturated carbocycles. The zero-order chi connectivity index (χ0) is 19.2. The lowest BCUT2D eigenvalue weighted by Gasteiger charge is -2.28. The molecule has 1 aliphatic rings. The van der Waals surface area contributed by atoms with Gasteiger partial charge in [0.25, 0.3) is 0 Å². The number of nitrogens with zero attached hydrogens (tertiary/aromatic N) is 3. The molecule has 1 aromatic heterocycles. The maximum atomic E-state index is 11.5. The second-order valence-electron chi connectivity index (χ2n) is 7.49. The number of allylic oxidation sites excluding steroid dienone is 1. The summed E-state index contributed by atoms with van der Waals surface area (Å²) in [5, 5.41) is 7.54. The molecule has 0 fully saturated rings. The fourth-order valence-corrected chi connectivity index (χ4v) is 3.45. The van der Waals surface area contributed by atoms with E-state index < -0.39 is 0 Å². The summed E-state index contributed by atoms with van der Waals surface area (Å²) in [5.74, 6) is 0.582. The van der Waals surface area contributed by atoms with Crippen molar-refractivity contribution in [1.29, 1.82) is 0 Å². The minimum atomic E-state index is 0.0638. The van der Waals surface area contributed by atoms with Crippen molar-refractivity contribution in [2.24, 2.45) is 5.92 Å². The molecule has 1 N–H and O–H groups in total. The molecule has 0 atom stereocenters. The predicted molar refractivity (Wildman–Crippen MR) is 109 cm³/mol. The molecule has 0 saturated heterocycles. The Morgan fingerprint density at radius 3 is 2.74 bits per heavy atom. The van der Waals surface area contributed by atoms with E-state index in [0.717, 1.165) is 31.9 Å². The van der Waals surface area contributed by atoms with Crippen LogP contribution in [0.15, 0.2) is 42.5 Å². The van der Waals surface area contributed by atoms with Crippen LogP contribution < -0.4 is 5.32 Å². The Hall–Kier alpha value is -2.40. The van der Waals surface area contributed by atoms with Crippen molar-refractivity contribution >= 4 is 11.5 Å². The standard InChI is InChI=1S/C22H30N4O/c1-4-22(27)23-14-20-13-21-16-25(10-11-26(21)24-20)15-19(12-17(2)3)18-8-6-5-7-9-18/h5-9,12-13,17H,4,10-11,14-16H2,1-3H3,(H,23,27)/b19-12+. The summed E-state index contributed by atoms with van der Waals surface area (Å²) in [7, 11) is 0. The third-order valence-corrected chi connectivity index (χ3v) is 4.79. The zero-order valence-corrected chi connectivity index (χ0v) is 16.6. The van der Waals surface area contributed by atoms with Gasteiger partial charge in [-0.2, -0.15) is 5.10 Å². The van der Waals surface area contributed by atoms with Gasteiger partial charge in [0.05, 0.1) is 24.5 Å². The van der Waals surface area contributed by atoms with Gasteiger partial charge >= 0.3 is 0 Å². The zero-order valence-electron chi connectivity index (χ0n) is 16.6. The van der Waals surface area contributed by atoms with E-state index in [0.29, 0.717) is 18.9 Å². The highest BCUT2D eigenvalue weighted by Gasteiger charge is 2.20. The normalized spacial score (nSPS) is 15.0. The fourth-order valence-electron chi connectivity index (χ4n) is 3.45. The average Bonchev–Trinajstić information content (AvgIpc) is 3.08. The minimum Gasteiger partial charge on any atom is -0.350 e. The van der Waals surface area contributed by atoms with Crippen molar-refractivity contribution in [3.63, 3.8) is 0 Å². The molecule has 1 aliphatic heterocycles. The van der Waals surface area contributed by atoms with E-state index in [-0.39, 0.29) is 5.91 Å². The molecule has 27 heavy (non-hydrogen) atoms.